The Balaban J connectivity index is 2.53. The molecule has 0 aliphatic carbocycles. The van der Waals surface area contributed by atoms with Gasteiger partial charge in [0, 0.05) is 6.04 Å². The number of hydrogen-bond donors (Lipinski definition) is 1. The van der Waals surface area contributed by atoms with Gasteiger partial charge in [0.2, 0.25) is 0 Å². The van der Waals surface area contributed by atoms with Crippen molar-refractivity contribution in [3.63, 3.8) is 0 Å². The molecule has 0 amide bonds. The fraction of sp³-hybridized carbons (Fsp3) is 0.143. The molecule has 0 radical (unpaired) electrons. The first-order chi connectivity index (χ1) is 7.29. The molecule has 0 spiro atoms. The summed E-state index contributed by atoms with van der Waals surface area (Å²) >= 11 is 0. The van der Waals surface area contributed by atoms with Gasteiger partial charge >= 0.3 is 0 Å². The van der Waals surface area contributed by atoms with Gasteiger partial charge in [-0.15, -0.1) is 0 Å². The van der Waals surface area contributed by atoms with Crippen LogP contribution in [0.3, 0.4) is 0 Å². The lowest BCUT2D eigenvalue weighted by molar-refractivity contribution is 0.820. The summed E-state index contributed by atoms with van der Waals surface area (Å²) in [4.78, 5) is 0. The molecule has 0 unspecified atom stereocenters. The van der Waals surface area contributed by atoms with E-state index in [2.05, 4.69) is 24.3 Å². The van der Waals surface area contributed by atoms with Gasteiger partial charge in [0.05, 0.1) is 0 Å². The second kappa shape index (κ2) is 4.28. The van der Waals surface area contributed by atoms with E-state index in [0.717, 1.165) is 0 Å². The molecule has 2 aromatic carbocycles. The summed E-state index contributed by atoms with van der Waals surface area (Å²) in [5.41, 5.74) is 9.61. The predicted molar refractivity (Wildman–Crippen MR) is 64.5 cm³/mol. The molecule has 0 aromatic heterocycles. The van der Waals surface area contributed by atoms with E-state index < -0.39 is 0 Å². The van der Waals surface area contributed by atoms with Crippen LogP contribution in [-0.2, 0) is 0 Å². The first kappa shape index (κ1) is 9.94. The summed E-state index contributed by atoms with van der Waals surface area (Å²) in [5.74, 6) is 0. The molecule has 0 saturated carbocycles. The summed E-state index contributed by atoms with van der Waals surface area (Å²) in [6, 6.07) is 18.7. The zero-order valence-corrected chi connectivity index (χ0v) is 8.85. The van der Waals surface area contributed by atoms with Gasteiger partial charge in [0.1, 0.15) is 0 Å². The van der Waals surface area contributed by atoms with Crippen LogP contribution in [0.5, 0.6) is 0 Å². The Labute approximate surface area is 90.6 Å². The van der Waals surface area contributed by atoms with Crippen molar-refractivity contribution in [3.8, 4) is 11.1 Å². The van der Waals surface area contributed by atoms with Gasteiger partial charge in [0.15, 0.2) is 0 Å². The summed E-state index contributed by atoms with van der Waals surface area (Å²) in [7, 11) is 0. The summed E-state index contributed by atoms with van der Waals surface area (Å²) < 4.78 is 0. The molecule has 2 rings (SSSR count). The molecule has 15 heavy (non-hydrogen) atoms. The fourth-order valence-corrected chi connectivity index (χ4v) is 1.77. The molecule has 0 fully saturated rings. The van der Waals surface area contributed by atoms with E-state index in [1.807, 2.05) is 37.3 Å². The maximum absolute atomic E-state index is 5.95. The Bertz CT molecular complexity index is 432. The molecule has 0 bridgehead atoms. The van der Waals surface area contributed by atoms with Crippen LogP contribution in [0.15, 0.2) is 54.6 Å². The number of benzene rings is 2. The van der Waals surface area contributed by atoms with Gasteiger partial charge in [-0.25, -0.2) is 0 Å². The Hall–Kier alpha value is -1.60. The van der Waals surface area contributed by atoms with E-state index in [9.17, 15) is 0 Å². The molecule has 1 heteroatoms. The van der Waals surface area contributed by atoms with Crippen LogP contribution in [0.4, 0.5) is 0 Å². The molecule has 0 heterocycles. The van der Waals surface area contributed by atoms with E-state index in [0.29, 0.717) is 0 Å². The zero-order chi connectivity index (χ0) is 10.7. The zero-order valence-electron chi connectivity index (χ0n) is 8.85. The van der Waals surface area contributed by atoms with Crippen molar-refractivity contribution in [2.75, 3.05) is 0 Å². The molecule has 0 saturated heterocycles. The Kier molecular flexibility index (Phi) is 2.84. The van der Waals surface area contributed by atoms with Crippen molar-refractivity contribution in [2.45, 2.75) is 13.0 Å². The van der Waals surface area contributed by atoms with Crippen molar-refractivity contribution in [1.29, 1.82) is 0 Å². The SMILES string of the molecule is C[C@H](N)c1ccccc1-c1ccccc1. The predicted octanol–water partition coefficient (Wildman–Crippen LogP) is 3.37. The Morgan fingerprint density at radius 1 is 0.867 bits per heavy atom. The quantitative estimate of drug-likeness (QED) is 0.784. The van der Waals surface area contributed by atoms with Gasteiger partial charge in [0.25, 0.3) is 0 Å². The third kappa shape index (κ3) is 2.08. The van der Waals surface area contributed by atoms with Crippen LogP contribution in [0.25, 0.3) is 11.1 Å². The third-order valence-electron chi connectivity index (χ3n) is 2.54. The normalized spacial score (nSPS) is 12.4. The lowest BCUT2D eigenvalue weighted by Gasteiger charge is -2.12. The van der Waals surface area contributed by atoms with Gasteiger partial charge in [-0.1, -0.05) is 54.6 Å². The topological polar surface area (TPSA) is 26.0 Å². The maximum atomic E-state index is 5.95. The van der Waals surface area contributed by atoms with Crippen molar-refractivity contribution < 1.29 is 0 Å². The summed E-state index contributed by atoms with van der Waals surface area (Å²) in [5, 5.41) is 0. The van der Waals surface area contributed by atoms with Crippen LogP contribution in [0.2, 0.25) is 0 Å². The highest BCUT2D eigenvalue weighted by molar-refractivity contribution is 5.67. The van der Waals surface area contributed by atoms with Crippen LogP contribution in [-0.4, -0.2) is 0 Å². The van der Waals surface area contributed by atoms with E-state index in [1.54, 1.807) is 0 Å². The summed E-state index contributed by atoms with van der Waals surface area (Å²) in [6.45, 7) is 2.02. The standard InChI is InChI=1S/C14H15N/c1-11(15)13-9-5-6-10-14(13)12-7-3-2-4-8-12/h2-11H,15H2,1H3/t11-/m0/s1. The van der Waals surface area contributed by atoms with Crippen molar-refractivity contribution in [1.82, 2.24) is 0 Å². The minimum Gasteiger partial charge on any atom is -0.324 e. The summed E-state index contributed by atoms with van der Waals surface area (Å²) in [6.07, 6.45) is 0. The van der Waals surface area contributed by atoms with Gasteiger partial charge in [-0.2, -0.15) is 0 Å². The largest absolute Gasteiger partial charge is 0.324 e. The monoisotopic (exact) mass is 197 g/mol. The number of rotatable bonds is 2. The molecule has 1 nitrogen and oxygen atoms in total. The first-order valence-electron chi connectivity index (χ1n) is 5.19. The molecule has 0 aliphatic heterocycles. The van der Waals surface area contributed by atoms with Gasteiger partial charge < -0.3 is 5.73 Å². The van der Waals surface area contributed by atoms with Gasteiger partial charge in [-0.05, 0) is 23.6 Å². The Morgan fingerprint density at radius 2 is 1.47 bits per heavy atom. The first-order valence-corrected chi connectivity index (χ1v) is 5.19. The van der Waals surface area contributed by atoms with Crippen molar-refractivity contribution in [2.24, 2.45) is 5.73 Å². The van der Waals surface area contributed by atoms with Crippen LogP contribution in [0.1, 0.15) is 18.5 Å². The van der Waals surface area contributed by atoms with Crippen molar-refractivity contribution >= 4 is 0 Å². The highest BCUT2D eigenvalue weighted by atomic mass is 14.6. The molecule has 0 aliphatic rings. The van der Waals surface area contributed by atoms with Gasteiger partial charge in [-0.3, -0.25) is 0 Å². The molecular weight excluding hydrogens is 182 g/mol. The van der Waals surface area contributed by atoms with Crippen LogP contribution < -0.4 is 5.73 Å². The maximum Gasteiger partial charge on any atom is 0.0272 e. The minimum atomic E-state index is 0.0707. The van der Waals surface area contributed by atoms with Crippen LogP contribution in [0, 0.1) is 0 Å². The highest BCUT2D eigenvalue weighted by Gasteiger charge is 2.06. The second-order valence-corrected chi connectivity index (χ2v) is 3.74. The average Bonchev–Trinajstić information content (AvgIpc) is 2.30. The van der Waals surface area contributed by atoms with Crippen molar-refractivity contribution in [3.05, 3.63) is 60.2 Å². The van der Waals surface area contributed by atoms with Crippen LogP contribution >= 0.6 is 0 Å². The number of nitrogens with two attached hydrogens (primary N) is 1. The van der Waals surface area contributed by atoms with E-state index >= 15 is 0 Å². The van der Waals surface area contributed by atoms with E-state index in [-0.39, 0.29) is 6.04 Å². The third-order valence-corrected chi connectivity index (χ3v) is 2.54. The molecule has 2 aromatic rings. The Morgan fingerprint density at radius 3 is 2.13 bits per heavy atom. The molecular formula is C14H15N. The fourth-order valence-electron chi connectivity index (χ4n) is 1.77. The van der Waals surface area contributed by atoms with E-state index in [4.69, 9.17) is 5.73 Å². The molecule has 76 valence electrons. The lowest BCUT2D eigenvalue weighted by atomic mass is 9.96. The molecule has 2 N–H and O–H groups in total. The smallest absolute Gasteiger partial charge is 0.0272 e. The lowest BCUT2D eigenvalue weighted by Crippen LogP contribution is -2.06. The second-order valence-electron chi connectivity index (χ2n) is 3.74. The molecule has 1 atom stereocenters. The highest BCUT2D eigenvalue weighted by Crippen LogP contribution is 2.26. The van der Waals surface area contributed by atoms with E-state index in [1.165, 1.54) is 16.7 Å². The average molecular weight is 197 g/mol. The number of hydrogen-bond acceptors (Lipinski definition) is 1. The minimum absolute atomic E-state index is 0.0707.